The first kappa shape index (κ1) is 39.0. The molecule has 55 heavy (non-hydrogen) atoms. The third-order valence-corrected chi connectivity index (χ3v) is 20.1. The summed E-state index contributed by atoms with van der Waals surface area (Å²) in [6, 6.07) is 8.26. The molecule has 0 saturated heterocycles. The van der Waals surface area contributed by atoms with Gasteiger partial charge in [0.2, 0.25) is 0 Å². The topological polar surface area (TPSA) is 9.72 Å². The average Bonchev–Trinajstić information content (AvgIpc) is 3.26. The molecule has 10 fully saturated rings. The second kappa shape index (κ2) is 18.2. The lowest BCUT2D eigenvalue weighted by Gasteiger charge is -2.67. The van der Waals surface area contributed by atoms with E-state index < -0.39 is 0 Å². The molecule has 10 aliphatic rings. The summed E-state index contributed by atoms with van der Waals surface area (Å²) in [5.41, 5.74) is 0. The van der Waals surface area contributed by atoms with Crippen LogP contribution in [0.15, 0.2) is 0 Å². The minimum atomic E-state index is 0.916. The fourth-order valence-electron chi connectivity index (χ4n) is 18.2. The van der Waals surface area contributed by atoms with Gasteiger partial charge in [0, 0.05) is 54.4 Å². The van der Waals surface area contributed by atoms with E-state index in [1.807, 2.05) is 0 Å². The second-order valence-corrected chi connectivity index (χ2v) is 22.7. The smallest absolute Gasteiger partial charge is 0.0135 e. The maximum atomic E-state index is 3.45. The van der Waals surface area contributed by atoms with Gasteiger partial charge in [-0.3, -0.25) is 14.7 Å². The number of rotatable bonds is 9. The van der Waals surface area contributed by atoms with Crippen LogP contribution < -0.4 is 0 Å². The summed E-state index contributed by atoms with van der Waals surface area (Å²) in [5.74, 6) is 6.14. The van der Waals surface area contributed by atoms with Crippen LogP contribution in [0.4, 0.5) is 0 Å². The van der Waals surface area contributed by atoms with Crippen LogP contribution in [0.1, 0.15) is 238 Å². The molecule has 0 heterocycles. The summed E-state index contributed by atoms with van der Waals surface area (Å²) in [6.07, 6.45) is 56.8. The van der Waals surface area contributed by atoms with E-state index in [0.29, 0.717) is 0 Å². The van der Waals surface area contributed by atoms with Crippen molar-refractivity contribution in [2.45, 2.75) is 292 Å². The Morgan fingerprint density at radius 2 is 0.491 bits per heavy atom. The van der Waals surface area contributed by atoms with Gasteiger partial charge < -0.3 is 0 Å². The van der Waals surface area contributed by atoms with Crippen molar-refractivity contribution in [3.63, 3.8) is 0 Å². The standard InChI is InChI=1S/C52H89N3/c1-7-19-39(20-8-1)53(40-21-9-2-10-22-40)48-35-31-38-37-50(55(43-27-15-5-16-28-43)44-29-17-6-18-30-44)47-34-36-49(46-33-32-45(48)51(38)52(46)47)54(41-23-11-3-12-24-41)42-25-13-4-14-26-42/h38-52H,1-37H2. The Hall–Kier alpha value is -0.120. The molecule has 3 heteroatoms. The molecule has 0 spiro atoms. The highest BCUT2D eigenvalue weighted by Gasteiger charge is 2.61. The first-order chi connectivity index (χ1) is 27.3. The normalized spacial score (nSPS) is 41.2. The fraction of sp³-hybridized carbons (Fsp3) is 1.00. The summed E-state index contributed by atoms with van der Waals surface area (Å²) in [6.45, 7) is 0. The van der Waals surface area contributed by atoms with Crippen molar-refractivity contribution in [3.05, 3.63) is 0 Å². The molecule has 9 atom stereocenters. The molecular weight excluding hydrogens is 667 g/mol. The second-order valence-electron chi connectivity index (χ2n) is 22.7. The molecule has 0 radical (unpaired) electrons. The zero-order valence-electron chi connectivity index (χ0n) is 36.2. The first-order valence-electron chi connectivity index (χ1n) is 26.7. The molecule has 0 aromatic carbocycles. The maximum absolute atomic E-state index is 3.45. The van der Waals surface area contributed by atoms with Crippen LogP contribution in [0.25, 0.3) is 0 Å². The number of hydrogen-bond donors (Lipinski definition) is 0. The molecule has 10 saturated carbocycles. The Balaban J connectivity index is 1.01. The Kier molecular flexibility index (Phi) is 12.9. The van der Waals surface area contributed by atoms with Crippen molar-refractivity contribution >= 4 is 0 Å². The molecule has 0 N–H and O–H groups in total. The van der Waals surface area contributed by atoms with Gasteiger partial charge in [-0.2, -0.15) is 0 Å². The van der Waals surface area contributed by atoms with Crippen LogP contribution in [0.3, 0.4) is 0 Å². The van der Waals surface area contributed by atoms with Crippen LogP contribution in [-0.4, -0.2) is 69.1 Å². The van der Waals surface area contributed by atoms with E-state index in [2.05, 4.69) is 14.7 Å². The number of hydrogen-bond acceptors (Lipinski definition) is 3. The Labute approximate surface area is 341 Å². The van der Waals surface area contributed by atoms with Gasteiger partial charge in [-0.15, -0.1) is 0 Å². The largest absolute Gasteiger partial charge is 0.294 e. The van der Waals surface area contributed by atoms with E-state index >= 15 is 0 Å². The summed E-state index contributed by atoms with van der Waals surface area (Å²) in [7, 11) is 0. The molecule has 0 aliphatic heterocycles. The summed E-state index contributed by atoms with van der Waals surface area (Å²) in [5, 5.41) is 0. The summed E-state index contributed by atoms with van der Waals surface area (Å²) in [4.78, 5) is 10.3. The van der Waals surface area contributed by atoms with Gasteiger partial charge in [0.25, 0.3) is 0 Å². The van der Waals surface area contributed by atoms with Crippen LogP contribution in [0.2, 0.25) is 0 Å². The zero-order chi connectivity index (χ0) is 36.6. The van der Waals surface area contributed by atoms with Crippen LogP contribution in [0, 0.1) is 35.5 Å². The van der Waals surface area contributed by atoms with Gasteiger partial charge >= 0.3 is 0 Å². The monoisotopic (exact) mass is 756 g/mol. The van der Waals surface area contributed by atoms with Crippen molar-refractivity contribution < 1.29 is 0 Å². The SMILES string of the molecule is C1CCC(N(C2CCCCC2)C2CCC3CC(N(C4CCCCC4)C4CCCCC4)C4CCC(N(C5CCCCC5)C5CCCCC5)C5CCC2C3C54)CC1. The lowest BCUT2D eigenvalue weighted by Crippen LogP contribution is -2.68. The molecule has 10 rings (SSSR count). The van der Waals surface area contributed by atoms with Crippen LogP contribution in [0.5, 0.6) is 0 Å². The average molecular weight is 756 g/mol. The number of nitrogens with zero attached hydrogens (tertiary/aromatic N) is 3. The molecular formula is C52H89N3. The summed E-state index contributed by atoms with van der Waals surface area (Å²) >= 11 is 0. The van der Waals surface area contributed by atoms with Crippen molar-refractivity contribution in [2.75, 3.05) is 0 Å². The quantitative estimate of drug-likeness (QED) is 0.232. The molecule has 0 aromatic heterocycles. The minimum Gasteiger partial charge on any atom is -0.294 e. The van der Waals surface area contributed by atoms with Crippen molar-refractivity contribution in [3.8, 4) is 0 Å². The predicted molar refractivity (Wildman–Crippen MR) is 231 cm³/mol. The van der Waals surface area contributed by atoms with Gasteiger partial charge in [0.1, 0.15) is 0 Å². The van der Waals surface area contributed by atoms with Crippen molar-refractivity contribution in [1.29, 1.82) is 0 Å². The lowest BCUT2D eigenvalue weighted by atomic mass is 9.45. The van der Waals surface area contributed by atoms with Gasteiger partial charge in [0.15, 0.2) is 0 Å². The van der Waals surface area contributed by atoms with Gasteiger partial charge in [-0.1, -0.05) is 116 Å². The van der Waals surface area contributed by atoms with Crippen molar-refractivity contribution in [2.24, 2.45) is 35.5 Å². The molecule has 0 aromatic rings. The minimum absolute atomic E-state index is 0.916. The molecule has 9 unspecified atom stereocenters. The maximum Gasteiger partial charge on any atom is 0.0135 e. The fourth-order valence-corrected chi connectivity index (χ4v) is 18.2. The Morgan fingerprint density at radius 1 is 0.218 bits per heavy atom. The first-order valence-corrected chi connectivity index (χ1v) is 26.7. The van der Waals surface area contributed by atoms with Gasteiger partial charge in [-0.25, -0.2) is 0 Å². The van der Waals surface area contributed by atoms with Gasteiger partial charge in [-0.05, 0) is 158 Å². The highest BCUT2D eigenvalue weighted by atomic mass is 15.3. The molecule has 0 bridgehead atoms. The lowest BCUT2D eigenvalue weighted by molar-refractivity contribution is -0.176. The van der Waals surface area contributed by atoms with E-state index in [1.54, 1.807) is 44.9 Å². The highest BCUT2D eigenvalue weighted by Crippen LogP contribution is 2.63. The summed E-state index contributed by atoms with van der Waals surface area (Å²) < 4.78 is 0. The third-order valence-electron chi connectivity index (χ3n) is 20.1. The van der Waals surface area contributed by atoms with Gasteiger partial charge in [0.05, 0.1) is 0 Å². The molecule has 312 valence electrons. The van der Waals surface area contributed by atoms with E-state index in [9.17, 15) is 0 Å². The zero-order valence-corrected chi connectivity index (χ0v) is 36.2. The Bertz CT molecular complexity index is 1110. The molecule has 0 amide bonds. The Morgan fingerprint density at radius 3 is 0.855 bits per heavy atom. The molecule has 3 nitrogen and oxygen atoms in total. The van der Waals surface area contributed by atoms with E-state index in [1.165, 1.54) is 193 Å². The van der Waals surface area contributed by atoms with E-state index in [-0.39, 0.29) is 0 Å². The van der Waals surface area contributed by atoms with Crippen molar-refractivity contribution in [1.82, 2.24) is 14.7 Å². The van der Waals surface area contributed by atoms with Crippen LogP contribution in [-0.2, 0) is 0 Å². The highest BCUT2D eigenvalue weighted by molar-refractivity contribution is 5.13. The van der Waals surface area contributed by atoms with E-state index in [4.69, 9.17) is 0 Å². The van der Waals surface area contributed by atoms with Crippen LogP contribution >= 0.6 is 0 Å². The third kappa shape index (κ3) is 7.97. The van der Waals surface area contributed by atoms with E-state index in [0.717, 1.165) is 89.9 Å². The molecule has 10 aliphatic carbocycles. The predicted octanol–water partition coefficient (Wildman–Crippen LogP) is 13.5.